The van der Waals surface area contributed by atoms with Crippen molar-refractivity contribution in [1.29, 1.82) is 0 Å². The van der Waals surface area contributed by atoms with E-state index in [0.717, 1.165) is 11.6 Å². The predicted octanol–water partition coefficient (Wildman–Crippen LogP) is 4.20. The summed E-state index contributed by atoms with van der Waals surface area (Å²) in [5.74, 6) is 0.871. The van der Waals surface area contributed by atoms with E-state index in [2.05, 4.69) is 30.4 Å². The first-order valence-electron chi connectivity index (χ1n) is 8.38. The van der Waals surface area contributed by atoms with Crippen LogP contribution in [-0.2, 0) is 6.42 Å². The van der Waals surface area contributed by atoms with Gasteiger partial charge < -0.3 is 11.1 Å². The number of fused-ring (bicyclic) bond motifs is 1. The Morgan fingerprint density at radius 2 is 1.85 bits per heavy atom. The highest BCUT2D eigenvalue weighted by molar-refractivity contribution is 5.47. The van der Waals surface area contributed by atoms with Gasteiger partial charge in [-0.2, -0.15) is 0 Å². The second-order valence-electron chi connectivity index (χ2n) is 6.76. The van der Waals surface area contributed by atoms with Gasteiger partial charge >= 0.3 is 0 Å². The summed E-state index contributed by atoms with van der Waals surface area (Å²) >= 11 is 0. The highest BCUT2D eigenvalue weighted by atomic mass is 15.0. The van der Waals surface area contributed by atoms with Crippen LogP contribution in [0.15, 0.2) is 18.2 Å². The number of nitrogens with one attached hydrogen (secondary N) is 1. The van der Waals surface area contributed by atoms with Gasteiger partial charge in [0.05, 0.1) is 0 Å². The zero-order valence-electron chi connectivity index (χ0n) is 12.7. The van der Waals surface area contributed by atoms with E-state index < -0.39 is 0 Å². The molecule has 1 unspecified atom stereocenters. The van der Waals surface area contributed by atoms with Gasteiger partial charge in [0.25, 0.3) is 0 Å². The normalized spacial score (nSPS) is 25.1. The number of nitrogen functional groups attached to an aromatic ring is 1. The molecule has 0 heterocycles. The molecule has 0 bridgehead atoms. The van der Waals surface area contributed by atoms with Crippen LogP contribution in [0.25, 0.3) is 0 Å². The first kappa shape index (κ1) is 13.9. The van der Waals surface area contributed by atoms with Crippen molar-refractivity contribution in [2.45, 2.75) is 70.4 Å². The summed E-state index contributed by atoms with van der Waals surface area (Å²) in [7, 11) is 0. The summed E-state index contributed by atoms with van der Waals surface area (Å²) in [4.78, 5) is 0. The number of anilines is 1. The fourth-order valence-electron chi connectivity index (χ4n) is 4.07. The molecule has 0 spiro atoms. The van der Waals surface area contributed by atoms with E-state index in [1.54, 1.807) is 0 Å². The van der Waals surface area contributed by atoms with Gasteiger partial charge in [0.1, 0.15) is 0 Å². The number of nitrogens with two attached hydrogens (primary N) is 1. The Bertz CT molecular complexity index is 447. The SMILES string of the molecule is C[C@@H](NC1CCc2cc(N)ccc21)C1CCCCCC1. The average molecular weight is 272 g/mol. The van der Waals surface area contributed by atoms with E-state index in [-0.39, 0.29) is 0 Å². The molecule has 0 saturated heterocycles. The third kappa shape index (κ3) is 3.01. The van der Waals surface area contributed by atoms with E-state index in [0.29, 0.717) is 12.1 Å². The summed E-state index contributed by atoms with van der Waals surface area (Å²) in [5, 5.41) is 3.91. The maximum atomic E-state index is 5.89. The molecule has 3 N–H and O–H groups in total. The van der Waals surface area contributed by atoms with Crippen molar-refractivity contribution in [3.05, 3.63) is 29.3 Å². The second-order valence-corrected chi connectivity index (χ2v) is 6.76. The Morgan fingerprint density at radius 3 is 2.60 bits per heavy atom. The topological polar surface area (TPSA) is 38.0 Å². The van der Waals surface area contributed by atoms with Crippen molar-refractivity contribution in [1.82, 2.24) is 5.32 Å². The third-order valence-electron chi connectivity index (χ3n) is 5.32. The van der Waals surface area contributed by atoms with Crippen molar-refractivity contribution < 1.29 is 0 Å². The maximum Gasteiger partial charge on any atom is 0.0328 e. The summed E-state index contributed by atoms with van der Waals surface area (Å²) in [6.45, 7) is 2.39. The number of hydrogen-bond donors (Lipinski definition) is 2. The van der Waals surface area contributed by atoms with Crippen LogP contribution >= 0.6 is 0 Å². The van der Waals surface area contributed by atoms with Gasteiger partial charge in [-0.15, -0.1) is 0 Å². The van der Waals surface area contributed by atoms with Gasteiger partial charge in [0.2, 0.25) is 0 Å². The van der Waals surface area contributed by atoms with Gasteiger partial charge in [-0.3, -0.25) is 0 Å². The lowest BCUT2D eigenvalue weighted by Gasteiger charge is -2.27. The zero-order valence-corrected chi connectivity index (χ0v) is 12.7. The van der Waals surface area contributed by atoms with Crippen LogP contribution in [0.5, 0.6) is 0 Å². The zero-order chi connectivity index (χ0) is 13.9. The van der Waals surface area contributed by atoms with Gasteiger partial charge in [-0.1, -0.05) is 31.7 Å². The number of hydrogen-bond acceptors (Lipinski definition) is 2. The lowest BCUT2D eigenvalue weighted by atomic mass is 9.92. The van der Waals surface area contributed by atoms with Crippen molar-refractivity contribution in [2.75, 3.05) is 5.73 Å². The molecule has 2 aliphatic rings. The monoisotopic (exact) mass is 272 g/mol. The van der Waals surface area contributed by atoms with Crippen LogP contribution < -0.4 is 11.1 Å². The van der Waals surface area contributed by atoms with Gasteiger partial charge in [-0.25, -0.2) is 0 Å². The molecule has 0 aromatic heterocycles. The molecule has 1 aromatic rings. The molecule has 1 saturated carbocycles. The molecule has 2 atom stereocenters. The Morgan fingerprint density at radius 1 is 1.10 bits per heavy atom. The summed E-state index contributed by atoms with van der Waals surface area (Å²) in [6, 6.07) is 7.63. The minimum absolute atomic E-state index is 0.545. The molecule has 0 amide bonds. The van der Waals surface area contributed by atoms with Crippen molar-refractivity contribution in [3.8, 4) is 0 Å². The molecule has 1 aromatic carbocycles. The molecular weight excluding hydrogens is 244 g/mol. The van der Waals surface area contributed by atoms with Crippen LogP contribution in [0.2, 0.25) is 0 Å². The fourth-order valence-corrected chi connectivity index (χ4v) is 4.07. The first-order chi connectivity index (χ1) is 9.74. The maximum absolute atomic E-state index is 5.89. The molecule has 0 aliphatic heterocycles. The van der Waals surface area contributed by atoms with E-state index in [1.807, 2.05) is 0 Å². The van der Waals surface area contributed by atoms with Crippen molar-refractivity contribution >= 4 is 5.69 Å². The summed E-state index contributed by atoms with van der Waals surface area (Å²) in [5.41, 5.74) is 9.74. The largest absolute Gasteiger partial charge is 0.399 e. The van der Waals surface area contributed by atoms with Crippen LogP contribution in [0.1, 0.15) is 69.0 Å². The number of aryl methyl sites for hydroxylation is 1. The van der Waals surface area contributed by atoms with Gasteiger partial charge in [0, 0.05) is 17.8 Å². The number of rotatable bonds is 3. The number of benzene rings is 1. The minimum atomic E-state index is 0.545. The Kier molecular flexibility index (Phi) is 4.30. The quantitative estimate of drug-likeness (QED) is 0.639. The smallest absolute Gasteiger partial charge is 0.0328 e. The van der Waals surface area contributed by atoms with Gasteiger partial charge in [0.15, 0.2) is 0 Å². The Hall–Kier alpha value is -1.02. The standard InChI is InChI=1S/C18H28N2/c1-13(14-6-4-2-3-5-7-14)20-18-11-8-15-12-16(19)9-10-17(15)18/h9-10,12-14,18,20H,2-8,11,19H2,1H3/t13-,18?/m1/s1. The highest BCUT2D eigenvalue weighted by Gasteiger charge is 2.26. The van der Waals surface area contributed by atoms with Crippen LogP contribution in [-0.4, -0.2) is 6.04 Å². The Balaban J connectivity index is 1.64. The fraction of sp³-hybridized carbons (Fsp3) is 0.667. The predicted molar refractivity (Wildman–Crippen MR) is 85.7 cm³/mol. The van der Waals surface area contributed by atoms with E-state index in [1.165, 1.54) is 62.5 Å². The first-order valence-corrected chi connectivity index (χ1v) is 8.38. The van der Waals surface area contributed by atoms with Crippen molar-refractivity contribution in [3.63, 3.8) is 0 Å². The van der Waals surface area contributed by atoms with Gasteiger partial charge in [-0.05, 0) is 61.8 Å². The molecular formula is C18H28N2. The molecule has 2 heteroatoms. The highest BCUT2D eigenvalue weighted by Crippen LogP contribution is 2.34. The van der Waals surface area contributed by atoms with Crippen LogP contribution in [0.3, 0.4) is 0 Å². The molecule has 2 aliphatic carbocycles. The molecule has 20 heavy (non-hydrogen) atoms. The Labute approximate surface area is 123 Å². The lowest BCUT2D eigenvalue weighted by Crippen LogP contribution is -2.35. The van der Waals surface area contributed by atoms with Crippen LogP contribution in [0.4, 0.5) is 5.69 Å². The molecule has 110 valence electrons. The van der Waals surface area contributed by atoms with E-state index in [9.17, 15) is 0 Å². The molecule has 1 fully saturated rings. The molecule has 0 radical (unpaired) electrons. The molecule has 2 nitrogen and oxygen atoms in total. The van der Waals surface area contributed by atoms with E-state index >= 15 is 0 Å². The lowest BCUT2D eigenvalue weighted by molar-refractivity contribution is 0.309. The third-order valence-corrected chi connectivity index (χ3v) is 5.32. The van der Waals surface area contributed by atoms with E-state index in [4.69, 9.17) is 5.73 Å². The van der Waals surface area contributed by atoms with Crippen molar-refractivity contribution in [2.24, 2.45) is 5.92 Å². The summed E-state index contributed by atoms with van der Waals surface area (Å²) < 4.78 is 0. The average Bonchev–Trinajstić information content (AvgIpc) is 2.66. The second kappa shape index (κ2) is 6.17. The minimum Gasteiger partial charge on any atom is -0.399 e. The summed E-state index contributed by atoms with van der Waals surface area (Å²) in [6.07, 6.45) is 11.0. The molecule has 3 rings (SSSR count). The van der Waals surface area contributed by atoms with Crippen LogP contribution in [0, 0.1) is 5.92 Å².